The molecule has 4 N–H and O–H groups in total. The Morgan fingerprint density at radius 2 is 1.74 bits per heavy atom. The highest BCUT2D eigenvalue weighted by Crippen LogP contribution is 2.51. The zero-order chi connectivity index (χ0) is 33.3. The van der Waals surface area contributed by atoms with E-state index in [0.717, 1.165) is 0 Å². The van der Waals surface area contributed by atoms with Crippen molar-refractivity contribution < 1.29 is 36.7 Å². The van der Waals surface area contributed by atoms with Crippen LogP contribution in [0.5, 0.6) is 0 Å². The van der Waals surface area contributed by atoms with Crippen LogP contribution in [-0.4, -0.2) is 57.6 Å². The second kappa shape index (κ2) is 15.3. The van der Waals surface area contributed by atoms with Gasteiger partial charge >= 0.3 is 13.8 Å². The van der Waals surface area contributed by atoms with E-state index in [-0.39, 0.29) is 43.2 Å². The fraction of sp³-hybridized carbons (Fsp3) is 0.333. The first kappa shape index (κ1) is 34.6. The van der Waals surface area contributed by atoms with E-state index >= 15 is 0 Å². The summed E-state index contributed by atoms with van der Waals surface area (Å²) in [4.78, 5) is 20.8. The van der Waals surface area contributed by atoms with Crippen LogP contribution in [0.15, 0.2) is 61.1 Å². The van der Waals surface area contributed by atoms with E-state index in [1.165, 1.54) is 13.1 Å². The molecule has 0 atom stereocenters. The fourth-order valence-electron chi connectivity index (χ4n) is 4.46. The third-order valence-corrected chi connectivity index (χ3v) is 8.64. The number of anilines is 4. The summed E-state index contributed by atoms with van der Waals surface area (Å²) in [5.41, 5.74) is 1.47. The van der Waals surface area contributed by atoms with Gasteiger partial charge in [0.2, 0.25) is 5.95 Å². The number of hydrogen-bond acceptors (Lipinski definition) is 10. The summed E-state index contributed by atoms with van der Waals surface area (Å²) in [7, 11) is -1.91. The number of hydrogen-bond donors (Lipinski definition) is 4. The van der Waals surface area contributed by atoms with Crippen molar-refractivity contribution in [3.05, 3.63) is 77.7 Å². The highest BCUT2D eigenvalue weighted by molar-refractivity contribution is 7.53. The Morgan fingerprint density at radius 1 is 1.02 bits per heavy atom. The van der Waals surface area contributed by atoms with Crippen LogP contribution in [0.4, 0.5) is 36.3 Å². The average Bonchev–Trinajstić information content (AvgIpc) is 3.49. The molecule has 16 heteroatoms. The molecule has 0 radical (unpaired) electrons. The van der Waals surface area contributed by atoms with Gasteiger partial charge in [-0.05, 0) is 55.7 Å². The molecule has 0 spiro atoms. The standard InChI is InChI=1S/C30H35F3N7O5P/c1-4-44-46(43,45-5-2)19-20-7-10-23(11-8-20)37-29-35-17-25(30(31,32)33)27(39-29)38-26-12-9-21(15-24(26)28(42)34-3)22-16-36-40(18-22)13-6-14-41/h7-12,15-18,41H,4-6,13-14,19H2,1-3H3,(H,34,42)(H2,35,37,38,39). The molecule has 46 heavy (non-hydrogen) atoms. The Bertz CT molecular complexity index is 1670. The zero-order valence-corrected chi connectivity index (χ0v) is 26.4. The van der Waals surface area contributed by atoms with E-state index in [1.54, 1.807) is 67.3 Å². The average molecular weight is 662 g/mol. The van der Waals surface area contributed by atoms with Crippen molar-refractivity contribution in [1.29, 1.82) is 0 Å². The summed E-state index contributed by atoms with van der Waals surface area (Å²) in [6.07, 6.45) is -0.227. The number of benzene rings is 2. The van der Waals surface area contributed by atoms with Crippen LogP contribution in [-0.2, 0) is 32.5 Å². The molecule has 0 aliphatic heterocycles. The molecule has 246 valence electrons. The van der Waals surface area contributed by atoms with Gasteiger partial charge in [-0.1, -0.05) is 18.2 Å². The molecule has 0 fully saturated rings. The first-order valence-corrected chi connectivity index (χ1v) is 16.2. The molecular formula is C30H35F3N7O5P. The summed E-state index contributed by atoms with van der Waals surface area (Å²) < 4.78 is 67.2. The van der Waals surface area contributed by atoms with Crippen LogP contribution in [0.25, 0.3) is 11.1 Å². The van der Waals surface area contributed by atoms with Gasteiger partial charge in [0.1, 0.15) is 11.4 Å². The smallest absolute Gasteiger partial charge is 0.396 e. The summed E-state index contributed by atoms with van der Waals surface area (Å²) >= 11 is 0. The van der Waals surface area contributed by atoms with Gasteiger partial charge in [0.05, 0.1) is 36.8 Å². The lowest BCUT2D eigenvalue weighted by Gasteiger charge is -2.18. The van der Waals surface area contributed by atoms with Crippen LogP contribution in [0, 0.1) is 0 Å². The first-order chi connectivity index (χ1) is 22.0. The lowest BCUT2D eigenvalue weighted by atomic mass is 10.0. The monoisotopic (exact) mass is 661 g/mol. The largest absolute Gasteiger partial charge is 0.421 e. The number of carbonyl (C=O) groups excluding carboxylic acids is 1. The molecule has 12 nitrogen and oxygen atoms in total. The Labute approximate surface area is 263 Å². The number of halogens is 3. The van der Waals surface area contributed by atoms with Crippen LogP contribution in [0.1, 0.15) is 41.8 Å². The number of nitrogens with zero attached hydrogens (tertiary/aromatic N) is 4. The van der Waals surface area contributed by atoms with Crippen molar-refractivity contribution in [3.8, 4) is 11.1 Å². The van der Waals surface area contributed by atoms with Crippen molar-refractivity contribution >= 4 is 36.6 Å². The maximum absolute atomic E-state index is 14.0. The van der Waals surface area contributed by atoms with Crippen LogP contribution in [0.2, 0.25) is 0 Å². The molecule has 0 aliphatic carbocycles. The Morgan fingerprint density at radius 3 is 2.37 bits per heavy atom. The number of aliphatic hydroxyl groups is 1. The van der Waals surface area contributed by atoms with E-state index in [2.05, 4.69) is 31.0 Å². The van der Waals surface area contributed by atoms with Crippen molar-refractivity contribution in [2.45, 2.75) is 39.2 Å². The Balaban J connectivity index is 1.61. The molecule has 0 aliphatic rings. The molecule has 0 bridgehead atoms. The first-order valence-electron chi connectivity index (χ1n) is 14.4. The molecule has 0 unspecified atom stereocenters. The minimum atomic E-state index is -4.80. The summed E-state index contributed by atoms with van der Waals surface area (Å²) in [6, 6.07) is 11.3. The van der Waals surface area contributed by atoms with Crippen molar-refractivity contribution in [2.75, 3.05) is 37.5 Å². The van der Waals surface area contributed by atoms with Gasteiger partial charge < -0.3 is 30.1 Å². The van der Waals surface area contributed by atoms with E-state index in [0.29, 0.717) is 41.5 Å². The third kappa shape index (κ3) is 8.91. The predicted octanol–water partition coefficient (Wildman–Crippen LogP) is 6.35. The van der Waals surface area contributed by atoms with Crippen LogP contribution in [0.3, 0.4) is 0 Å². The molecule has 4 aromatic rings. The molecule has 2 heterocycles. The number of carbonyl (C=O) groups is 1. The minimum Gasteiger partial charge on any atom is -0.396 e. The van der Waals surface area contributed by atoms with Gasteiger partial charge in [0.15, 0.2) is 0 Å². The highest BCUT2D eigenvalue weighted by atomic mass is 31.2. The zero-order valence-electron chi connectivity index (χ0n) is 25.5. The highest BCUT2D eigenvalue weighted by Gasteiger charge is 2.36. The third-order valence-electron chi connectivity index (χ3n) is 6.59. The number of aliphatic hydroxyl groups excluding tert-OH is 1. The molecular weight excluding hydrogens is 626 g/mol. The van der Waals surface area contributed by atoms with E-state index in [9.17, 15) is 22.5 Å². The summed E-state index contributed by atoms with van der Waals surface area (Å²) in [6.45, 7) is 4.40. The van der Waals surface area contributed by atoms with Crippen LogP contribution >= 0.6 is 7.60 Å². The van der Waals surface area contributed by atoms with Crippen molar-refractivity contribution in [2.24, 2.45) is 0 Å². The number of alkyl halides is 3. The van der Waals surface area contributed by atoms with E-state index < -0.39 is 31.1 Å². The second-order valence-corrected chi connectivity index (χ2v) is 12.0. The lowest BCUT2D eigenvalue weighted by molar-refractivity contribution is -0.137. The Kier molecular flexibility index (Phi) is 11.5. The number of amides is 1. The van der Waals surface area contributed by atoms with Gasteiger partial charge in [-0.3, -0.25) is 14.0 Å². The quantitative estimate of drug-likeness (QED) is 0.106. The molecule has 1 amide bonds. The molecule has 2 aromatic heterocycles. The molecule has 2 aromatic carbocycles. The van der Waals surface area contributed by atoms with Crippen molar-refractivity contribution in [3.63, 3.8) is 0 Å². The molecule has 0 saturated carbocycles. The summed E-state index contributed by atoms with van der Waals surface area (Å²) in [5, 5.41) is 21.4. The lowest BCUT2D eigenvalue weighted by Crippen LogP contribution is -2.20. The molecule has 0 saturated heterocycles. The van der Waals surface area contributed by atoms with E-state index in [4.69, 9.17) is 14.2 Å². The maximum Gasteiger partial charge on any atom is 0.421 e. The van der Waals surface area contributed by atoms with E-state index in [1.807, 2.05) is 0 Å². The molecule has 4 rings (SSSR count). The van der Waals surface area contributed by atoms with Gasteiger partial charge in [-0.2, -0.15) is 23.3 Å². The van der Waals surface area contributed by atoms with Gasteiger partial charge in [-0.15, -0.1) is 0 Å². The normalized spacial score (nSPS) is 11.8. The summed E-state index contributed by atoms with van der Waals surface area (Å²) in [5.74, 6) is -1.23. The predicted molar refractivity (Wildman–Crippen MR) is 167 cm³/mol. The Hall–Kier alpha value is -4.30. The van der Waals surface area contributed by atoms with Crippen molar-refractivity contribution in [1.82, 2.24) is 25.1 Å². The number of nitrogens with one attached hydrogen (secondary N) is 3. The number of aromatic nitrogens is 4. The van der Waals surface area contributed by atoms with Gasteiger partial charge in [-0.25, -0.2) is 4.98 Å². The SMILES string of the molecule is CCOP(=O)(Cc1ccc(Nc2ncc(C(F)(F)F)c(Nc3ccc(-c4cnn(CCCO)c4)cc3C(=O)NC)n2)cc1)OCC. The van der Waals surface area contributed by atoms with Gasteiger partial charge in [0.25, 0.3) is 5.91 Å². The topological polar surface area (TPSA) is 153 Å². The van der Waals surface area contributed by atoms with Crippen LogP contribution < -0.4 is 16.0 Å². The second-order valence-electron chi connectivity index (χ2n) is 9.91. The minimum absolute atomic E-state index is 0.0108. The van der Waals surface area contributed by atoms with Gasteiger partial charge in [0, 0.05) is 43.8 Å². The maximum atomic E-state index is 14.0. The number of aryl methyl sites for hydroxylation is 1. The number of rotatable bonds is 15. The fourth-order valence-corrected chi connectivity index (χ4v) is 6.17.